The van der Waals surface area contributed by atoms with Gasteiger partial charge in [-0.1, -0.05) is 0 Å². The molecule has 0 unspecified atom stereocenters. The van der Waals surface area contributed by atoms with Gasteiger partial charge >= 0.3 is 0 Å². The molecule has 2 rings (SSSR count). The molecule has 0 amide bonds. The third-order valence-corrected chi connectivity index (χ3v) is 1.55. The molecule has 0 bridgehead atoms. The Bertz CT molecular complexity index is 403. The van der Waals surface area contributed by atoms with Crippen molar-refractivity contribution >= 4 is 5.82 Å². The van der Waals surface area contributed by atoms with Crippen molar-refractivity contribution in [2.75, 3.05) is 5.73 Å². The monoisotopic (exact) mass is 176 g/mol. The van der Waals surface area contributed by atoms with E-state index in [0.717, 1.165) is 5.56 Å². The molecule has 6 heteroatoms. The van der Waals surface area contributed by atoms with Crippen molar-refractivity contribution in [3.05, 3.63) is 18.3 Å². The maximum atomic E-state index is 5.44. The van der Waals surface area contributed by atoms with Gasteiger partial charge in [0.25, 0.3) is 0 Å². The van der Waals surface area contributed by atoms with Gasteiger partial charge in [-0.15, -0.1) is 10.2 Å². The highest BCUT2D eigenvalue weighted by molar-refractivity contribution is 5.53. The predicted molar refractivity (Wildman–Crippen MR) is 46.4 cm³/mol. The molecule has 0 spiro atoms. The van der Waals surface area contributed by atoms with E-state index in [2.05, 4.69) is 20.4 Å². The van der Waals surface area contributed by atoms with Gasteiger partial charge in [0.15, 0.2) is 0 Å². The molecule has 2 heterocycles. The van der Waals surface area contributed by atoms with E-state index in [0.29, 0.717) is 11.6 Å². The van der Waals surface area contributed by atoms with E-state index in [4.69, 9.17) is 5.73 Å². The van der Waals surface area contributed by atoms with Gasteiger partial charge in [0.1, 0.15) is 5.82 Å². The smallest absolute Gasteiger partial charge is 0.206 e. The molecule has 2 N–H and O–H groups in total. The summed E-state index contributed by atoms with van der Waals surface area (Å²) in [7, 11) is 1.71. The molecule has 0 fully saturated rings. The van der Waals surface area contributed by atoms with Gasteiger partial charge in [0.05, 0.1) is 7.05 Å². The molecule has 0 aliphatic rings. The fourth-order valence-electron chi connectivity index (χ4n) is 0.937. The second kappa shape index (κ2) is 2.81. The number of aromatic nitrogens is 5. The topological polar surface area (TPSA) is 82.5 Å². The zero-order valence-electron chi connectivity index (χ0n) is 7.05. The predicted octanol–water partition coefficient (Wildman–Crippen LogP) is -0.146. The summed E-state index contributed by atoms with van der Waals surface area (Å²) < 4.78 is 0. The van der Waals surface area contributed by atoms with Crippen LogP contribution in [0.2, 0.25) is 0 Å². The van der Waals surface area contributed by atoms with E-state index in [1.54, 1.807) is 25.4 Å². The van der Waals surface area contributed by atoms with Crippen molar-refractivity contribution in [1.29, 1.82) is 0 Å². The summed E-state index contributed by atoms with van der Waals surface area (Å²) in [4.78, 5) is 5.32. The lowest BCUT2D eigenvalue weighted by molar-refractivity contribution is 0.630. The van der Waals surface area contributed by atoms with Crippen molar-refractivity contribution in [2.45, 2.75) is 0 Å². The van der Waals surface area contributed by atoms with Crippen LogP contribution in [-0.2, 0) is 7.05 Å². The van der Waals surface area contributed by atoms with Crippen LogP contribution in [0, 0.1) is 0 Å². The molecule has 0 radical (unpaired) electrons. The Kier molecular flexibility index (Phi) is 1.66. The standard InChI is InChI=1S/C7H8N6/c1-13-11-7(10-12-13)5-2-3-6(8)9-4-5/h2-4H,1H3,(H2,8,9). The minimum absolute atomic E-state index is 0.479. The summed E-state index contributed by atoms with van der Waals surface area (Å²) >= 11 is 0. The molecule has 2 aromatic heterocycles. The van der Waals surface area contributed by atoms with Crippen LogP contribution in [0.1, 0.15) is 0 Å². The molecule has 13 heavy (non-hydrogen) atoms. The summed E-state index contributed by atoms with van der Waals surface area (Å²) in [6.45, 7) is 0. The number of aryl methyl sites for hydroxylation is 1. The van der Waals surface area contributed by atoms with E-state index >= 15 is 0 Å². The van der Waals surface area contributed by atoms with Crippen molar-refractivity contribution in [3.8, 4) is 11.4 Å². The van der Waals surface area contributed by atoms with Crippen molar-refractivity contribution in [3.63, 3.8) is 0 Å². The van der Waals surface area contributed by atoms with Crippen molar-refractivity contribution in [1.82, 2.24) is 25.2 Å². The Labute approximate surface area is 74.4 Å². The second-order valence-corrected chi connectivity index (χ2v) is 2.57. The highest BCUT2D eigenvalue weighted by Gasteiger charge is 2.03. The Balaban J connectivity index is 2.41. The molecule has 0 aliphatic heterocycles. The van der Waals surface area contributed by atoms with Crippen molar-refractivity contribution < 1.29 is 0 Å². The molecule has 0 aliphatic carbocycles. The molecule has 2 aromatic rings. The fourth-order valence-corrected chi connectivity index (χ4v) is 0.937. The van der Waals surface area contributed by atoms with Crippen LogP contribution >= 0.6 is 0 Å². The zero-order valence-corrected chi connectivity index (χ0v) is 7.05. The lowest BCUT2D eigenvalue weighted by atomic mass is 10.3. The van der Waals surface area contributed by atoms with E-state index < -0.39 is 0 Å². The van der Waals surface area contributed by atoms with Crippen LogP contribution in [0.15, 0.2) is 18.3 Å². The lowest BCUT2D eigenvalue weighted by Crippen LogP contribution is -1.92. The summed E-state index contributed by atoms with van der Waals surface area (Å²) in [5, 5.41) is 11.6. The van der Waals surface area contributed by atoms with Gasteiger partial charge < -0.3 is 5.73 Å². The van der Waals surface area contributed by atoms with E-state index in [9.17, 15) is 0 Å². The quantitative estimate of drug-likeness (QED) is 0.653. The van der Waals surface area contributed by atoms with Gasteiger partial charge in [-0.25, -0.2) is 4.98 Å². The maximum Gasteiger partial charge on any atom is 0.206 e. The van der Waals surface area contributed by atoms with Gasteiger partial charge in [0, 0.05) is 11.8 Å². The molecular formula is C7H8N6. The number of hydrogen-bond acceptors (Lipinski definition) is 5. The first-order valence-corrected chi connectivity index (χ1v) is 3.71. The van der Waals surface area contributed by atoms with Crippen LogP contribution in [0.25, 0.3) is 11.4 Å². The molecule has 0 atom stereocenters. The van der Waals surface area contributed by atoms with Crippen LogP contribution in [0.5, 0.6) is 0 Å². The third kappa shape index (κ3) is 1.46. The number of nitrogens with zero attached hydrogens (tertiary/aromatic N) is 5. The third-order valence-electron chi connectivity index (χ3n) is 1.55. The normalized spacial score (nSPS) is 10.2. The number of nitrogens with two attached hydrogens (primary N) is 1. The number of tetrazole rings is 1. The first kappa shape index (κ1) is 7.66. The maximum absolute atomic E-state index is 5.44. The first-order chi connectivity index (χ1) is 6.25. The molecule has 0 saturated heterocycles. The summed E-state index contributed by atoms with van der Waals surface area (Å²) in [5.41, 5.74) is 6.24. The zero-order chi connectivity index (χ0) is 9.26. The average Bonchev–Trinajstić information content (AvgIpc) is 2.53. The number of rotatable bonds is 1. The van der Waals surface area contributed by atoms with Gasteiger partial charge in [-0.3, -0.25) is 0 Å². The van der Waals surface area contributed by atoms with E-state index in [1.165, 1.54) is 4.80 Å². The molecule has 0 saturated carbocycles. The number of hydrogen-bond donors (Lipinski definition) is 1. The number of anilines is 1. The Morgan fingerprint density at radius 2 is 2.23 bits per heavy atom. The Hall–Kier alpha value is -1.98. The minimum atomic E-state index is 0.479. The molecule has 6 nitrogen and oxygen atoms in total. The van der Waals surface area contributed by atoms with Gasteiger partial charge in [-0.05, 0) is 17.3 Å². The Morgan fingerprint density at radius 1 is 1.38 bits per heavy atom. The number of pyridine rings is 1. The highest BCUT2D eigenvalue weighted by Crippen LogP contribution is 2.12. The fraction of sp³-hybridized carbons (Fsp3) is 0.143. The number of nitrogen functional groups attached to an aromatic ring is 1. The molecule has 0 aromatic carbocycles. The Morgan fingerprint density at radius 3 is 2.77 bits per heavy atom. The van der Waals surface area contributed by atoms with Crippen LogP contribution in [0.3, 0.4) is 0 Å². The summed E-state index contributed by atoms with van der Waals surface area (Å²) in [5.74, 6) is 1.03. The summed E-state index contributed by atoms with van der Waals surface area (Å²) in [6, 6.07) is 3.50. The van der Waals surface area contributed by atoms with Crippen LogP contribution in [0.4, 0.5) is 5.82 Å². The lowest BCUT2D eigenvalue weighted by Gasteiger charge is -1.93. The molecular weight excluding hydrogens is 168 g/mol. The van der Waals surface area contributed by atoms with E-state index in [1.807, 2.05) is 0 Å². The SMILES string of the molecule is Cn1nnc(-c2ccc(N)nc2)n1. The highest BCUT2D eigenvalue weighted by atomic mass is 15.6. The largest absolute Gasteiger partial charge is 0.384 e. The van der Waals surface area contributed by atoms with Crippen LogP contribution in [-0.4, -0.2) is 25.2 Å². The van der Waals surface area contributed by atoms with E-state index in [-0.39, 0.29) is 0 Å². The molecule has 66 valence electrons. The summed E-state index contributed by atoms with van der Waals surface area (Å²) in [6.07, 6.45) is 1.62. The van der Waals surface area contributed by atoms with Gasteiger partial charge in [0.2, 0.25) is 5.82 Å². The first-order valence-electron chi connectivity index (χ1n) is 3.71. The van der Waals surface area contributed by atoms with Crippen LogP contribution < -0.4 is 5.73 Å². The van der Waals surface area contributed by atoms with Crippen molar-refractivity contribution in [2.24, 2.45) is 7.05 Å². The van der Waals surface area contributed by atoms with Gasteiger partial charge in [-0.2, -0.15) is 4.80 Å². The average molecular weight is 176 g/mol. The second-order valence-electron chi connectivity index (χ2n) is 2.57. The minimum Gasteiger partial charge on any atom is -0.384 e.